The van der Waals surface area contributed by atoms with Crippen LogP contribution in [0.4, 0.5) is 0 Å². The van der Waals surface area contributed by atoms with Crippen LogP contribution in [-0.2, 0) is 14.3 Å². The minimum atomic E-state index is -1.55. The third kappa shape index (κ3) is 4.73. The van der Waals surface area contributed by atoms with E-state index in [1.807, 2.05) is 0 Å². The lowest BCUT2D eigenvalue weighted by molar-refractivity contribution is -0.134. The fourth-order valence-electron chi connectivity index (χ4n) is 3.01. The number of hydrogen-bond acceptors (Lipinski definition) is 10. The van der Waals surface area contributed by atoms with Gasteiger partial charge in [0.1, 0.15) is 0 Å². The third-order valence-electron chi connectivity index (χ3n) is 4.68. The molecule has 11 heteroatoms. The van der Waals surface area contributed by atoms with Crippen LogP contribution in [0.1, 0.15) is 27.1 Å². The molecule has 0 bridgehead atoms. The van der Waals surface area contributed by atoms with Crippen molar-refractivity contribution < 1.29 is 54.5 Å². The van der Waals surface area contributed by atoms with Gasteiger partial charge in [0.2, 0.25) is 0 Å². The molecule has 11 nitrogen and oxygen atoms in total. The maximum atomic E-state index is 12.5. The van der Waals surface area contributed by atoms with Crippen molar-refractivity contribution in [2.75, 3.05) is 0 Å². The normalized spacial score (nSPS) is 20.2. The lowest BCUT2D eigenvalue weighted by atomic mass is 9.91. The first-order chi connectivity index (χ1) is 15.1. The summed E-state index contributed by atoms with van der Waals surface area (Å²) in [6.45, 7) is 0. The van der Waals surface area contributed by atoms with Crippen LogP contribution in [-0.4, -0.2) is 66.9 Å². The zero-order valence-corrected chi connectivity index (χ0v) is 16.2. The van der Waals surface area contributed by atoms with E-state index in [0.29, 0.717) is 0 Å². The topological polar surface area (TPSA) is 191 Å². The number of aliphatic hydroxyl groups excluding tert-OH is 1. The molecule has 32 heavy (non-hydrogen) atoms. The Morgan fingerprint density at radius 2 is 1.28 bits per heavy atom. The van der Waals surface area contributed by atoms with Gasteiger partial charge in [-0.2, -0.15) is 0 Å². The van der Waals surface area contributed by atoms with Gasteiger partial charge in [-0.05, 0) is 42.5 Å². The second kappa shape index (κ2) is 8.86. The number of ether oxygens (including phenoxy) is 2. The molecule has 0 aromatic heterocycles. The molecule has 0 saturated carbocycles. The van der Waals surface area contributed by atoms with Crippen LogP contribution in [0, 0.1) is 0 Å². The fraction of sp³-hybridized carbons (Fsp3) is 0.190. The molecule has 0 amide bonds. The Morgan fingerprint density at radius 3 is 1.75 bits per heavy atom. The lowest BCUT2D eigenvalue weighted by Crippen LogP contribution is -2.46. The maximum absolute atomic E-state index is 12.5. The molecular formula is C21H18O11. The highest BCUT2D eigenvalue weighted by molar-refractivity contribution is 5.92. The summed E-state index contributed by atoms with van der Waals surface area (Å²) in [5.41, 5.74) is -0.661. The van der Waals surface area contributed by atoms with Crippen molar-refractivity contribution in [3.8, 4) is 23.0 Å². The van der Waals surface area contributed by atoms with Crippen molar-refractivity contribution >= 4 is 17.9 Å². The monoisotopic (exact) mass is 446 g/mol. The molecule has 0 unspecified atom stereocenters. The van der Waals surface area contributed by atoms with Gasteiger partial charge in [-0.25, -0.2) is 14.4 Å². The molecular weight excluding hydrogens is 428 g/mol. The Labute approximate surface area is 180 Å². The number of carboxylic acid groups (broad SMARTS) is 1. The molecule has 2 aromatic rings. The standard InChI is InChI=1S/C21H18O11/c22-12-3-1-9(5-14(12)24)20(29)31-17-8-11(19(27)28)7-16(26)18(17)32-21(30)10-2-4-13(23)15(25)6-10/h1-6,8,16-18,22-26H,7H2,(H,27,28)/t16-,17-,18+/m1/s1. The number of benzene rings is 2. The van der Waals surface area contributed by atoms with Crippen LogP contribution in [0.3, 0.4) is 0 Å². The summed E-state index contributed by atoms with van der Waals surface area (Å²) in [5.74, 6) is -5.61. The highest BCUT2D eigenvalue weighted by Gasteiger charge is 2.39. The van der Waals surface area contributed by atoms with Crippen LogP contribution in [0.2, 0.25) is 0 Å². The van der Waals surface area contributed by atoms with Gasteiger partial charge in [-0.3, -0.25) is 0 Å². The number of aliphatic hydroxyl groups is 1. The maximum Gasteiger partial charge on any atom is 0.338 e. The van der Waals surface area contributed by atoms with E-state index in [4.69, 9.17) is 9.47 Å². The van der Waals surface area contributed by atoms with Gasteiger partial charge in [0, 0.05) is 12.0 Å². The van der Waals surface area contributed by atoms with Crippen molar-refractivity contribution in [3.05, 3.63) is 59.2 Å². The number of carbonyl (C=O) groups excluding carboxylic acids is 2. The van der Waals surface area contributed by atoms with Gasteiger partial charge >= 0.3 is 17.9 Å². The summed E-state index contributed by atoms with van der Waals surface area (Å²) in [6, 6.07) is 6.20. The van der Waals surface area contributed by atoms with Crippen LogP contribution < -0.4 is 0 Å². The van der Waals surface area contributed by atoms with Crippen LogP contribution in [0.25, 0.3) is 0 Å². The van der Waals surface area contributed by atoms with Crippen LogP contribution in [0.5, 0.6) is 23.0 Å². The molecule has 3 rings (SSSR count). The van der Waals surface area contributed by atoms with E-state index >= 15 is 0 Å². The number of rotatable bonds is 5. The number of phenolic OH excluding ortho intramolecular Hbond substituents is 4. The summed E-state index contributed by atoms with van der Waals surface area (Å²) in [4.78, 5) is 36.3. The second-order valence-corrected chi connectivity index (χ2v) is 6.92. The molecule has 0 aliphatic heterocycles. The summed E-state index contributed by atoms with van der Waals surface area (Å²) < 4.78 is 10.4. The predicted molar refractivity (Wildman–Crippen MR) is 104 cm³/mol. The number of hydrogen-bond donors (Lipinski definition) is 6. The molecule has 0 radical (unpaired) electrons. The summed E-state index contributed by atoms with van der Waals surface area (Å²) >= 11 is 0. The Kier molecular flexibility index (Phi) is 6.21. The first-order valence-corrected chi connectivity index (χ1v) is 9.14. The number of aromatic hydroxyl groups is 4. The SMILES string of the molecule is O=C(O)C1=C[C@@H](OC(=O)c2ccc(O)c(O)c2)[C@@H](OC(=O)c2ccc(O)c(O)c2)[C@H](O)C1. The van der Waals surface area contributed by atoms with E-state index in [0.717, 1.165) is 42.5 Å². The summed E-state index contributed by atoms with van der Waals surface area (Å²) in [5, 5.41) is 57.5. The Bertz CT molecular complexity index is 1100. The van der Waals surface area contributed by atoms with Crippen molar-refractivity contribution in [2.45, 2.75) is 24.7 Å². The number of aliphatic carboxylic acids is 1. The third-order valence-corrected chi connectivity index (χ3v) is 4.68. The summed E-state index contributed by atoms with van der Waals surface area (Å²) in [7, 11) is 0. The van der Waals surface area contributed by atoms with E-state index < -0.39 is 65.6 Å². The Hall–Kier alpha value is -4.25. The van der Waals surface area contributed by atoms with E-state index in [9.17, 15) is 45.0 Å². The van der Waals surface area contributed by atoms with Gasteiger partial charge in [0.25, 0.3) is 0 Å². The van der Waals surface area contributed by atoms with Crippen molar-refractivity contribution in [1.29, 1.82) is 0 Å². The van der Waals surface area contributed by atoms with Crippen LogP contribution >= 0.6 is 0 Å². The lowest BCUT2D eigenvalue weighted by Gasteiger charge is -2.32. The van der Waals surface area contributed by atoms with Crippen molar-refractivity contribution in [2.24, 2.45) is 0 Å². The quantitative estimate of drug-likeness (QED) is 0.284. The Balaban J connectivity index is 1.87. The molecule has 3 atom stereocenters. The van der Waals surface area contributed by atoms with Crippen LogP contribution in [0.15, 0.2) is 48.0 Å². The minimum Gasteiger partial charge on any atom is -0.504 e. The van der Waals surface area contributed by atoms with Gasteiger partial charge in [0.15, 0.2) is 35.2 Å². The number of carboxylic acids is 1. The smallest absolute Gasteiger partial charge is 0.338 e. The molecule has 0 fully saturated rings. The molecule has 168 valence electrons. The molecule has 1 aliphatic carbocycles. The van der Waals surface area contributed by atoms with Gasteiger partial charge < -0.3 is 40.1 Å². The number of esters is 2. The Morgan fingerprint density at radius 1 is 0.781 bits per heavy atom. The molecule has 0 spiro atoms. The molecule has 0 heterocycles. The molecule has 1 aliphatic rings. The first-order valence-electron chi connectivity index (χ1n) is 9.14. The first kappa shape index (κ1) is 22.4. The van der Waals surface area contributed by atoms with E-state index in [1.54, 1.807) is 0 Å². The average Bonchev–Trinajstić information content (AvgIpc) is 2.73. The second-order valence-electron chi connectivity index (χ2n) is 6.92. The molecule has 0 saturated heterocycles. The van der Waals surface area contributed by atoms with Crippen molar-refractivity contribution in [3.63, 3.8) is 0 Å². The van der Waals surface area contributed by atoms with E-state index in [1.165, 1.54) is 0 Å². The largest absolute Gasteiger partial charge is 0.504 e. The molecule has 2 aromatic carbocycles. The molecule has 6 N–H and O–H groups in total. The van der Waals surface area contributed by atoms with Gasteiger partial charge in [-0.1, -0.05) is 0 Å². The summed E-state index contributed by atoms with van der Waals surface area (Å²) in [6.07, 6.45) is -3.95. The minimum absolute atomic E-state index is 0.186. The zero-order chi connectivity index (χ0) is 23.6. The number of carbonyl (C=O) groups is 3. The highest BCUT2D eigenvalue weighted by Crippen LogP contribution is 2.30. The van der Waals surface area contributed by atoms with Gasteiger partial charge in [0.05, 0.1) is 17.2 Å². The average molecular weight is 446 g/mol. The van der Waals surface area contributed by atoms with Gasteiger partial charge in [-0.15, -0.1) is 0 Å². The predicted octanol–water partition coefficient (Wildman–Crippen LogP) is 1.04. The van der Waals surface area contributed by atoms with E-state index in [-0.39, 0.29) is 16.7 Å². The number of phenols is 4. The fourth-order valence-corrected chi connectivity index (χ4v) is 3.01. The highest BCUT2D eigenvalue weighted by atomic mass is 16.6. The van der Waals surface area contributed by atoms with Crippen molar-refractivity contribution in [1.82, 2.24) is 0 Å². The van der Waals surface area contributed by atoms with E-state index in [2.05, 4.69) is 0 Å². The zero-order valence-electron chi connectivity index (χ0n) is 16.2.